The van der Waals surface area contributed by atoms with Crippen molar-refractivity contribution >= 4 is 5.91 Å². The topological polar surface area (TPSA) is 43.8 Å². The Balaban J connectivity index is 1.86. The molecule has 1 aromatic carbocycles. The SMILES string of the molecule is CCc1ccc(CN(C)C(=O)CN2CCCC2CC(C)O)cc1. The third-order valence-electron chi connectivity index (χ3n) is 4.73. The summed E-state index contributed by atoms with van der Waals surface area (Å²) < 4.78 is 0. The molecular formula is C19H30N2O2. The van der Waals surface area contributed by atoms with E-state index in [1.807, 2.05) is 14.0 Å². The molecule has 0 bridgehead atoms. The van der Waals surface area contributed by atoms with E-state index in [-0.39, 0.29) is 12.0 Å². The summed E-state index contributed by atoms with van der Waals surface area (Å²) in [5.74, 6) is 0.155. The van der Waals surface area contributed by atoms with Gasteiger partial charge in [0.15, 0.2) is 0 Å². The molecule has 2 rings (SSSR count). The fourth-order valence-electron chi connectivity index (χ4n) is 3.30. The van der Waals surface area contributed by atoms with Crippen molar-refractivity contribution in [2.75, 3.05) is 20.1 Å². The van der Waals surface area contributed by atoms with E-state index < -0.39 is 0 Å². The summed E-state index contributed by atoms with van der Waals surface area (Å²) in [5.41, 5.74) is 2.49. The molecule has 1 amide bonds. The first-order valence-electron chi connectivity index (χ1n) is 8.73. The Morgan fingerprint density at radius 3 is 2.61 bits per heavy atom. The van der Waals surface area contributed by atoms with Crippen LogP contribution in [0, 0.1) is 0 Å². The number of likely N-dealkylation sites (tertiary alicyclic amines) is 1. The Hall–Kier alpha value is -1.39. The number of rotatable bonds is 7. The van der Waals surface area contributed by atoms with E-state index in [9.17, 15) is 9.90 Å². The number of nitrogens with zero attached hydrogens (tertiary/aromatic N) is 2. The zero-order valence-electron chi connectivity index (χ0n) is 14.7. The van der Waals surface area contributed by atoms with Crippen molar-refractivity contribution in [3.63, 3.8) is 0 Å². The molecule has 1 aliphatic rings. The standard InChI is InChI=1S/C19H30N2O2/c1-4-16-7-9-17(10-8-16)13-20(3)19(23)14-21-11-5-6-18(21)12-15(2)22/h7-10,15,18,22H,4-6,11-14H2,1-3H3. The van der Waals surface area contributed by atoms with Crippen molar-refractivity contribution in [1.82, 2.24) is 9.80 Å². The van der Waals surface area contributed by atoms with Gasteiger partial charge in [0.2, 0.25) is 5.91 Å². The van der Waals surface area contributed by atoms with Crippen LogP contribution in [-0.4, -0.2) is 53.1 Å². The molecule has 0 radical (unpaired) electrons. The Bertz CT molecular complexity index is 499. The molecule has 4 nitrogen and oxygen atoms in total. The number of hydrogen-bond donors (Lipinski definition) is 1. The van der Waals surface area contributed by atoms with Gasteiger partial charge in [-0.15, -0.1) is 0 Å². The lowest BCUT2D eigenvalue weighted by Gasteiger charge is -2.27. The highest BCUT2D eigenvalue weighted by Gasteiger charge is 2.27. The summed E-state index contributed by atoms with van der Waals surface area (Å²) in [6, 6.07) is 8.82. The molecule has 1 aliphatic heterocycles. The van der Waals surface area contributed by atoms with Crippen molar-refractivity contribution in [2.45, 2.75) is 58.2 Å². The second kappa shape index (κ2) is 8.46. The van der Waals surface area contributed by atoms with Gasteiger partial charge in [-0.1, -0.05) is 31.2 Å². The number of carbonyl (C=O) groups is 1. The van der Waals surface area contributed by atoms with E-state index >= 15 is 0 Å². The minimum Gasteiger partial charge on any atom is -0.393 e. The number of carbonyl (C=O) groups excluding carboxylic acids is 1. The van der Waals surface area contributed by atoms with Gasteiger partial charge in [0.05, 0.1) is 12.6 Å². The maximum Gasteiger partial charge on any atom is 0.236 e. The average Bonchev–Trinajstić information content (AvgIpc) is 2.94. The molecule has 2 unspecified atom stereocenters. The molecule has 128 valence electrons. The van der Waals surface area contributed by atoms with Gasteiger partial charge < -0.3 is 10.0 Å². The fraction of sp³-hybridized carbons (Fsp3) is 0.632. The van der Waals surface area contributed by atoms with Gasteiger partial charge >= 0.3 is 0 Å². The molecule has 0 aliphatic carbocycles. The monoisotopic (exact) mass is 318 g/mol. The minimum absolute atomic E-state index is 0.155. The quantitative estimate of drug-likeness (QED) is 0.840. The normalized spacial score (nSPS) is 19.7. The van der Waals surface area contributed by atoms with E-state index in [0.29, 0.717) is 19.1 Å². The van der Waals surface area contributed by atoms with Crippen molar-refractivity contribution in [1.29, 1.82) is 0 Å². The zero-order valence-corrected chi connectivity index (χ0v) is 14.7. The molecule has 23 heavy (non-hydrogen) atoms. The predicted molar refractivity (Wildman–Crippen MR) is 93.2 cm³/mol. The van der Waals surface area contributed by atoms with Gasteiger partial charge in [0, 0.05) is 19.6 Å². The van der Waals surface area contributed by atoms with Crippen LogP contribution in [0.2, 0.25) is 0 Å². The average molecular weight is 318 g/mol. The Morgan fingerprint density at radius 2 is 2.00 bits per heavy atom. The van der Waals surface area contributed by atoms with Crippen molar-refractivity contribution in [2.24, 2.45) is 0 Å². The van der Waals surface area contributed by atoms with Crippen molar-refractivity contribution < 1.29 is 9.90 Å². The van der Waals surface area contributed by atoms with Gasteiger partial charge in [-0.05, 0) is 50.3 Å². The van der Waals surface area contributed by atoms with Crippen LogP contribution in [0.25, 0.3) is 0 Å². The Morgan fingerprint density at radius 1 is 1.35 bits per heavy atom. The number of likely N-dealkylation sites (N-methyl/N-ethyl adjacent to an activating group) is 1. The van der Waals surface area contributed by atoms with E-state index in [4.69, 9.17) is 0 Å². The van der Waals surface area contributed by atoms with Crippen LogP contribution in [0.3, 0.4) is 0 Å². The third kappa shape index (κ3) is 5.33. The van der Waals surface area contributed by atoms with E-state index in [1.165, 1.54) is 11.1 Å². The molecule has 1 N–H and O–H groups in total. The van der Waals surface area contributed by atoms with Crippen LogP contribution >= 0.6 is 0 Å². The van der Waals surface area contributed by atoms with Crippen LogP contribution in [0.4, 0.5) is 0 Å². The van der Waals surface area contributed by atoms with Gasteiger partial charge in [0.25, 0.3) is 0 Å². The molecule has 1 saturated heterocycles. The third-order valence-corrected chi connectivity index (χ3v) is 4.73. The predicted octanol–water partition coefficient (Wildman–Crippen LogP) is 2.44. The first kappa shape index (κ1) is 18.0. The van der Waals surface area contributed by atoms with Crippen molar-refractivity contribution in [3.8, 4) is 0 Å². The summed E-state index contributed by atoms with van der Waals surface area (Å²) in [7, 11) is 1.87. The summed E-state index contributed by atoms with van der Waals surface area (Å²) in [6.45, 7) is 6.04. The van der Waals surface area contributed by atoms with Crippen LogP contribution in [-0.2, 0) is 17.8 Å². The zero-order chi connectivity index (χ0) is 16.8. The largest absolute Gasteiger partial charge is 0.393 e. The summed E-state index contributed by atoms with van der Waals surface area (Å²) in [4.78, 5) is 16.5. The number of amides is 1. The van der Waals surface area contributed by atoms with Crippen LogP contribution in [0.1, 0.15) is 44.2 Å². The van der Waals surface area contributed by atoms with Gasteiger partial charge in [-0.2, -0.15) is 0 Å². The molecule has 4 heteroatoms. The Kier molecular flexibility index (Phi) is 6.60. The molecule has 0 spiro atoms. The second-order valence-electron chi connectivity index (χ2n) is 6.77. The first-order valence-corrected chi connectivity index (χ1v) is 8.73. The lowest BCUT2D eigenvalue weighted by Crippen LogP contribution is -2.41. The highest BCUT2D eigenvalue weighted by atomic mass is 16.3. The molecule has 1 fully saturated rings. The Labute approximate surface area is 140 Å². The molecule has 1 aromatic rings. The maximum atomic E-state index is 12.5. The lowest BCUT2D eigenvalue weighted by molar-refractivity contribution is -0.132. The summed E-state index contributed by atoms with van der Waals surface area (Å²) >= 11 is 0. The number of benzene rings is 1. The smallest absolute Gasteiger partial charge is 0.236 e. The second-order valence-corrected chi connectivity index (χ2v) is 6.77. The van der Waals surface area contributed by atoms with Crippen molar-refractivity contribution in [3.05, 3.63) is 35.4 Å². The first-order chi connectivity index (χ1) is 11.0. The van der Waals surface area contributed by atoms with Gasteiger partial charge in [0.1, 0.15) is 0 Å². The van der Waals surface area contributed by atoms with E-state index in [2.05, 4.69) is 36.1 Å². The lowest BCUT2D eigenvalue weighted by atomic mass is 10.1. The minimum atomic E-state index is -0.300. The van der Waals surface area contributed by atoms with Crippen LogP contribution in [0.15, 0.2) is 24.3 Å². The number of aryl methyl sites for hydroxylation is 1. The molecule has 1 heterocycles. The maximum absolute atomic E-state index is 12.5. The van der Waals surface area contributed by atoms with Gasteiger partial charge in [-0.25, -0.2) is 0 Å². The highest BCUT2D eigenvalue weighted by Crippen LogP contribution is 2.21. The fourth-order valence-corrected chi connectivity index (χ4v) is 3.30. The van der Waals surface area contributed by atoms with E-state index in [0.717, 1.165) is 32.2 Å². The number of aliphatic hydroxyl groups is 1. The molecular weight excluding hydrogens is 288 g/mol. The highest BCUT2D eigenvalue weighted by molar-refractivity contribution is 5.78. The summed E-state index contributed by atoms with van der Waals surface area (Å²) in [5, 5.41) is 9.59. The number of hydrogen-bond acceptors (Lipinski definition) is 3. The van der Waals surface area contributed by atoms with Crippen LogP contribution < -0.4 is 0 Å². The summed E-state index contributed by atoms with van der Waals surface area (Å²) in [6.07, 6.45) is 3.70. The van der Waals surface area contributed by atoms with Gasteiger partial charge in [-0.3, -0.25) is 9.69 Å². The van der Waals surface area contributed by atoms with E-state index in [1.54, 1.807) is 4.90 Å². The number of aliphatic hydroxyl groups excluding tert-OH is 1. The molecule has 0 saturated carbocycles. The molecule has 0 aromatic heterocycles. The molecule has 2 atom stereocenters. The van der Waals surface area contributed by atoms with Crippen LogP contribution in [0.5, 0.6) is 0 Å².